The minimum absolute atomic E-state index is 0.206. The van der Waals surface area contributed by atoms with Crippen LogP contribution >= 0.6 is 0 Å². The van der Waals surface area contributed by atoms with Crippen LogP contribution in [0.5, 0.6) is 0 Å². The van der Waals surface area contributed by atoms with Gasteiger partial charge in [-0.1, -0.05) is 24.3 Å². The smallest absolute Gasteiger partial charge is 0.254 e. The quantitative estimate of drug-likeness (QED) is 0.595. The van der Waals surface area contributed by atoms with Gasteiger partial charge >= 0.3 is 0 Å². The molecule has 2 heterocycles. The lowest BCUT2D eigenvalue weighted by Crippen LogP contribution is -2.52. The topological polar surface area (TPSA) is 87.5 Å². The van der Waals surface area contributed by atoms with E-state index >= 15 is 0 Å². The third-order valence-electron chi connectivity index (χ3n) is 4.27. The van der Waals surface area contributed by atoms with Gasteiger partial charge in [0.1, 0.15) is 0 Å². The van der Waals surface area contributed by atoms with Crippen molar-refractivity contribution < 1.29 is 9.72 Å². The molecule has 0 saturated carbocycles. The zero-order valence-corrected chi connectivity index (χ0v) is 11.8. The van der Waals surface area contributed by atoms with E-state index in [1.54, 1.807) is 11.8 Å². The predicted octanol–water partition coefficient (Wildman–Crippen LogP) is 0.0815. The first-order valence-corrected chi connectivity index (χ1v) is 7.08. The van der Waals surface area contributed by atoms with Gasteiger partial charge in [0.15, 0.2) is 6.04 Å². The molecule has 1 aromatic carbocycles. The molecule has 0 aliphatic carbocycles. The van der Waals surface area contributed by atoms with E-state index in [9.17, 15) is 14.9 Å². The highest BCUT2D eigenvalue weighted by Crippen LogP contribution is 2.21. The SMILES string of the molecule is CC1NNC(C(=O)N2CCc3ccccc3C2)C1[N+](=O)[O-]. The van der Waals surface area contributed by atoms with Gasteiger partial charge in [-0.3, -0.25) is 14.9 Å². The van der Waals surface area contributed by atoms with Gasteiger partial charge in [-0.15, -0.1) is 0 Å². The molecule has 21 heavy (non-hydrogen) atoms. The predicted molar refractivity (Wildman–Crippen MR) is 75.9 cm³/mol. The Kier molecular flexibility index (Phi) is 3.60. The average molecular weight is 290 g/mol. The Morgan fingerprint density at radius 1 is 1.33 bits per heavy atom. The Labute approximate surface area is 122 Å². The fourth-order valence-electron chi connectivity index (χ4n) is 3.07. The second kappa shape index (κ2) is 5.42. The number of hydrogen-bond acceptors (Lipinski definition) is 5. The molecule has 1 saturated heterocycles. The zero-order valence-electron chi connectivity index (χ0n) is 11.8. The first-order valence-electron chi connectivity index (χ1n) is 7.08. The van der Waals surface area contributed by atoms with Crippen LogP contribution in [0.25, 0.3) is 0 Å². The van der Waals surface area contributed by atoms with Crippen molar-refractivity contribution in [3.05, 3.63) is 45.5 Å². The summed E-state index contributed by atoms with van der Waals surface area (Å²) < 4.78 is 0. The van der Waals surface area contributed by atoms with Crippen molar-refractivity contribution in [3.8, 4) is 0 Å². The van der Waals surface area contributed by atoms with E-state index in [0.29, 0.717) is 13.1 Å². The summed E-state index contributed by atoms with van der Waals surface area (Å²) in [6, 6.07) is 5.89. The molecule has 1 aromatic rings. The summed E-state index contributed by atoms with van der Waals surface area (Å²) in [5.74, 6) is -0.206. The highest BCUT2D eigenvalue weighted by atomic mass is 16.6. The first kappa shape index (κ1) is 14.0. The van der Waals surface area contributed by atoms with E-state index < -0.39 is 12.1 Å². The number of nitrogens with one attached hydrogen (secondary N) is 2. The summed E-state index contributed by atoms with van der Waals surface area (Å²) in [5, 5.41) is 11.2. The molecule has 112 valence electrons. The molecule has 0 radical (unpaired) electrons. The van der Waals surface area contributed by atoms with Gasteiger partial charge in [0.2, 0.25) is 5.91 Å². The Balaban J connectivity index is 1.76. The highest BCUT2D eigenvalue weighted by Gasteiger charge is 2.48. The van der Waals surface area contributed by atoms with Crippen molar-refractivity contribution in [1.82, 2.24) is 15.8 Å². The van der Waals surface area contributed by atoms with Crippen LogP contribution < -0.4 is 10.9 Å². The standard InChI is InChI=1S/C14H18N4O3/c1-9-13(18(20)21)12(16-15-9)14(19)17-7-6-10-4-2-3-5-11(10)8-17/h2-5,9,12-13,15-16H,6-8H2,1H3. The fraction of sp³-hybridized carbons (Fsp3) is 0.500. The molecule has 0 bridgehead atoms. The van der Waals surface area contributed by atoms with Gasteiger partial charge < -0.3 is 4.90 Å². The van der Waals surface area contributed by atoms with Crippen LogP contribution in [0.4, 0.5) is 0 Å². The van der Waals surface area contributed by atoms with Crippen LogP contribution in [-0.2, 0) is 17.8 Å². The van der Waals surface area contributed by atoms with Gasteiger partial charge in [-0.05, 0) is 24.5 Å². The van der Waals surface area contributed by atoms with E-state index in [1.165, 1.54) is 5.56 Å². The maximum absolute atomic E-state index is 12.6. The Hall–Kier alpha value is -1.99. The number of hydrogen-bond donors (Lipinski definition) is 2. The number of hydrazine groups is 1. The highest BCUT2D eigenvalue weighted by molar-refractivity contribution is 5.83. The molecular formula is C14H18N4O3. The molecular weight excluding hydrogens is 272 g/mol. The van der Waals surface area contributed by atoms with Crippen molar-refractivity contribution in [2.24, 2.45) is 0 Å². The lowest BCUT2D eigenvalue weighted by Gasteiger charge is -2.30. The minimum Gasteiger partial charge on any atom is -0.336 e. The summed E-state index contributed by atoms with van der Waals surface area (Å²) in [6.07, 6.45) is 0.792. The molecule has 2 N–H and O–H groups in total. The third-order valence-corrected chi connectivity index (χ3v) is 4.27. The lowest BCUT2D eigenvalue weighted by molar-refractivity contribution is -0.523. The van der Waals surface area contributed by atoms with E-state index in [0.717, 1.165) is 12.0 Å². The molecule has 3 rings (SSSR count). The van der Waals surface area contributed by atoms with E-state index in [1.807, 2.05) is 18.2 Å². The summed E-state index contributed by atoms with van der Waals surface area (Å²) in [4.78, 5) is 25.1. The number of nitro groups is 1. The zero-order chi connectivity index (χ0) is 15.0. The van der Waals surface area contributed by atoms with Crippen molar-refractivity contribution in [3.63, 3.8) is 0 Å². The fourth-order valence-corrected chi connectivity index (χ4v) is 3.07. The number of benzene rings is 1. The molecule has 1 amide bonds. The first-order chi connectivity index (χ1) is 10.1. The molecule has 0 aromatic heterocycles. The maximum Gasteiger partial charge on any atom is 0.254 e. The summed E-state index contributed by atoms with van der Waals surface area (Å²) in [7, 11) is 0. The lowest BCUT2D eigenvalue weighted by atomic mass is 9.98. The molecule has 3 unspecified atom stereocenters. The summed E-state index contributed by atoms with van der Waals surface area (Å²) in [6.45, 7) is 2.83. The molecule has 3 atom stereocenters. The molecule has 1 fully saturated rings. The van der Waals surface area contributed by atoms with Gasteiger partial charge in [0, 0.05) is 18.0 Å². The van der Waals surface area contributed by atoms with Crippen LogP contribution in [0.2, 0.25) is 0 Å². The van der Waals surface area contributed by atoms with Crippen molar-refractivity contribution in [1.29, 1.82) is 0 Å². The summed E-state index contributed by atoms with van der Waals surface area (Å²) >= 11 is 0. The van der Waals surface area contributed by atoms with Gasteiger partial charge in [-0.2, -0.15) is 0 Å². The van der Waals surface area contributed by atoms with Crippen LogP contribution in [0.1, 0.15) is 18.1 Å². The van der Waals surface area contributed by atoms with Gasteiger partial charge in [0.25, 0.3) is 6.04 Å². The van der Waals surface area contributed by atoms with Gasteiger partial charge in [-0.25, -0.2) is 10.9 Å². The number of fused-ring (bicyclic) bond motifs is 1. The van der Waals surface area contributed by atoms with Crippen LogP contribution in [-0.4, -0.2) is 40.4 Å². The third kappa shape index (κ3) is 2.50. The Bertz CT molecular complexity index is 577. The van der Waals surface area contributed by atoms with E-state index in [4.69, 9.17) is 0 Å². The van der Waals surface area contributed by atoms with Crippen molar-refractivity contribution >= 4 is 5.91 Å². The number of nitrogens with zero attached hydrogens (tertiary/aromatic N) is 2. The maximum atomic E-state index is 12.6. The van der Waals surface area contributed by atoms with Crippen LogP contribution in [0.3, 0.4) is 0 Å². The molecule has 0 spiro atoms. The van der Waals surface area contributed by atoms with E-state index in [-0.39, 0.29) is 16.9 Å². The number of amides is 1. The average Bonchev–Trinajstić information content (AvgIpc) is 2.88. The molecule has 7 heteroatoms. The second-order valence-electron chi connectivity index (χ2n) is 5.61. The van der Waals surface area contributed by atoms with Crippen LogP contribution in [0, 0.1) is 10.1 Å². The largest absolute Gasteiger partial charge is 0.336 e. The number of rotatable bonds is 2. The molecule has 2 aliphatic rings. The second-order valence-corrected chi connectivity index (χ2v) is 5.61. The minimum atomic E-state index is -0.935. The number of carbonyl (C=O) groups excluding carboxylic acids is 1. The number of carbonyl (C=O) groups is 1. The summed E-state index contributed by atoms with van der Waals surface area (Å²) in [5.41, 5.74) is 7.94. The normalized spacial score (nSPS) is 28.2. The van der Waals surface area contributed by atoms with Crippen LogP contribution in [0.15, 0.2) is 24.3 Å². The van der Waals surface area contributed by atoms with Gasteiger partial charge in [0.05, 0.1) is 6.04 Å². The van der Waals surface area contributed by atoms with Crippen molar-refractivity contribution in [2.75, 3.05) is 6.54 Å². The van der Waals surface area contributed by atoms with Crippen molar-refractivity contribution in [2.45, 2.75) is 38.0 Å². The van der Waals surface area contributed by atoms with E-state index in [2.05, 4.69) is 16.9 Å². The Morgan fingerprint density at radius 3 is 2.76 bits per heavy atom. The molecule has 2 aliphatic heterocycles. The Morgan fingerprint density at radius 2 is 2.05 bits per heavy atom. The molecule has 7 nitrogen and oxygen atoms in total. The monoisotopic (exact) mass is 290 g/mol.